The van der Waals surface area contributed by atoms with Crippen LogP contribution >= 0.6 is 0 Å². The summed E-state index contributed by atoms with van der Waals surface area (Å²) in [4.78, 5) is 26.0. The average Bonchev–Trinajstić information content (AvgIpc) is 3.00. The van der Waals surface area contributed by atoms with Crippen molar-refractivity contribution in [1.82, 2.24) is 4.90 Å². The Morgan fingerprint density at radius 2 is 2.24 bits per heavy atom. The number of hydrogen-bond acceptors (Lipinski definition) is 5. The zero-order valence-electron chi connectivity index (χ0n) is 14.1. The molecule has 3 atom stereocenters. The number of esters is 1. The molecule has 1 N–H and O–H groups in total. The molecule has 0 aromatic heterocycles. The normalized spacial score (nSPS) is 29.1. The summed E-state index contributed by atoms with van der Waals surface area (Å²) in [5.41, 5.74) is 1.68. The number of nitrogens with zero attached hydrogens (tertiary/aromatic N) is 1. The predicted octanol–water partition coefficient (Wildman–Crippen LogP) is 1.50. The zero-order valence-corrected chi connectivity index (χ0v) is 14.1. The molecule has 25 heavy (non-hydrogen) atoms. The van der Waals surface area contributed by atoms with Gasteiger partial charge in [0, 0.05) is 19.2 Å². The lowest BCUT2D eigenvalue weighted by Gasteiger charge is -2.48. The molecule has 0 radical (unpaired) electrons. The highest BCUT2D eigenvalue weighted by Gasteiger charge is 2.59. The monoisotopic (exact) mass is 336 g/mol. The maximum atomic E-state index is 12.9. The number of fused-ring (bicyclic) bond motifs is 1. The zero-order chi connectivity index (χ0) is 17.4. The standard InChI is InChI=1S/C20H20N2O3/c1-14(23)25-13-5-4-11-22-12-10-20-15-6-2-3-7-16(15)21-17(19(20)22)8-9-18(20)24/h2-3,6-9,17,19,21H,10-13H2,1H3/t17-,19+,20+/m1/s1. The van der Waals surface area contributed by atoms with Crippen LogP contribution in [0.2, 0.25) is 0 Å². The fraction of sp³-hybridized carbons (Fsp3) is 0.400. The largest absolute Gasteiger partial charge is 0.453 e. The minimum atomic E-state index is -0.473. The van der Waals surface area contributed by atoms with Crippen molar-refractivity contribution in [2.45, 2.75) is 30.8 Å². The molecule has 4 rings (SSSR count). The highest BCUT2D eigenvalue weighted by atomic mass is 16.5. The first kappa shape index (κ1) is 15.9. The Balaban J connectivity index is 1.62. The van der Waals surface area contributed by atoms with Crippen LogP contribution < -0.4 is 5.32 Å². The molecule has 2 bridgehead atoms. The lowest BCUT2D eigenvalue weighted by Crippen LogP contribution is -2.60. The first-order valence-electron chi connectivity index (χ1n) is 8.55. The number of carbonyl (C=O) groups is 2. The van der Waals surface area contributed by atoms with Gasteiger partial charge < -0.3 is 10.1 Å². The quantitative estimate of drug-likeness (QED) is 0.655. The summed E-state index contributed by atoms with van der Waals surface area (Å²) >= 11 is 0. The Labute approximate surface area is 147 Å². The minimum absolute atomic E-state index is 0.0722. The molecule has 2 aliphatic heterocycles. The highest BCUT2D eigenvalue weighted by Crippen LogP contribution is 2.50. The van der Waals surface area contributed by atoms with E-state index in [0.717, 1.165) is 24.2 Å². The first-order valence-corrected chi connectivity index (χ1v) is 8.55. The second kappa shape index (κ2) is 6.05. The summed E-state index contributed by atoms with van der Waals surface area (Å²) in [7, 11) is 0. The summed E-state index contributed by atoms with van der Waals surface area (Å²) < 4.78 is 4.84. The van der Waals surface area contributed by atoms with Crippen LogP contribution in [0.4, 0.5) is 5.69 Å². The van der Waals surface area contributed by atoms with Crippen LogP contribution in [-0.2, 0) is 19.7 Å². The van der Waals surface area contributed by atoms with Gasteiger partial charge in [0.2, 0.25) is 0 Å². The molecule has 5 heteroatoms. The van der Waals surface area contributed by atoms with Crippen molar-refractivity contribution in [3.05, 3.63) is 42.0 Å². The molecule has 128 valence electrons. The number of anilines is 1. The smallest absolute Gasteiger partial charge is 0.303 e. The molecule has 0 unspecified atom stereocenters. The number of nitrogens with one attached hydrogen (secondary N) is 1. The molecular weight excluding hydrogens is 316 g/mol. The lowest BCUT2D eigenvalue weighted by atomic mass is 9.63. The number of likely N-dealkylation sites (tertiary alicyclic amines) is 1. The van der Waals surface area contributed by atoms with E-state index in [1.165, 1.54) is 6.92 Å². The molecule has 1 saturated heterocycles. The van der Waals surface area contributed by atoms with Crippen LogP contribution in [0, 0.1) is 11.8 Å². The molecular formula is C20H20N2O3. The van der Waals surface area contributed by atoms with E-state index in [1.54, 1.807) is 6.08 Å². The van der Waals surface area contributed by atoms with Gasteiger partial charge in [-0.1, -0.05) is 36.1 Å². The summed E-state index contributed by atoms with van der Waals surface area (Å²) in [6, 6.07) is 8.29. The number of carbonyl (C=O) groups excluding carboxylic acids is 2. The Bertz CT molecular complexity index is 820. The second-order valence-electron chi connectivity index (χ2n) is 6.71. The summed E-state index contributed by atoms with van der Waals surface area (Å²) in [6.07, 6.45) is 4.52. The van der Waals surface area contributed by atoms with E-state index in [2.05, 4.69) is 28.1 Å². The maximum Gasteiger partial charge on any atom is 0.303 e. The maximum absolute atomic E-state index is 12.9. The molecule has 0 spiro atoms. The van der Waals surface area contributed by atoms with E-state index in [-0.39, 0.29) is 30.4 Å². The van der Waals surface area contributed by atoms with E-state index >= 15 is 0 Å². The van der Waals surface area contributed by atoms with Gasteiger partial charge in [-0.05, 0) is 24.1 Å². The van der Waals surface area contributed by atoms with Crippen LogP contribution in [0.25, 0.3) is 0 Å². The van der Waals surface area contributed by atoms with Gasteiger partial charge in [0.05, 0.1) is 24.0 Å². The molecule has 1 aromatic carbocycles. The molecule has 0 amide bonds. The summed E-state index contributed by atoms with van der Waals surface area (Å²) in [5, 5.41) is 3.56. The molecule has 3 aliphatic rings. The van der Waals surface area contributed by atoms with Crippen molar-refractivity contribution in [3.63, 3.8) is 0 Å². The molecule has 0 saturated carbocycles. The minimum Gasteiger partial charge on any atom is -0.453 e. The van der Waals surface area contributed by atoms with Gasteiger partial charge in [-0.3, -0.25) is 14.5 Å². The van der Waals surface area contributed by atoms with Crippen molar-refractivity contribution >= 4 is 17.4 Å². The van der Waals surface area contributed by atoms with E-state index in [4.69, 9.17) is 4.74 Å². The number of ether oxygens (including phenoxy) is 1. The van der Waals surface area contributed by atoms with E-state index in [1.807, 2.05) is 24.3 Å². The molecule has 2 heterocycles. The van der Waals surface area contributed by atoms with Crippen molar-refractivity contribution in [2.24, 2.45) is 0 Å². The fourth-order valence-electron chi connectivity index (χ4n) is 4.42. The molecule has 5 nitrogen and oxygen atoms in total. The number of ketones is 1. The van der Waals surface area contributed by atoms with Gasteiger partial charge in [-0.2, -0.15) is 0 Å². The molecule has 1 fully saturated rings. The Hall–Kier alpha value is -2.58. The number of para-hydroxylation sites is 1. The lowest BCUT2D eigenvalue weighted by molar-refractivity contribution is -0.139. The second-order valence-corrected chi connectivity index (χ2v) is 6.71. The highest BCUT2D eigenvalue weighted by molar-refractivity contribution is 6.03. The van der Waals surface area contributed by atoms with Crippen LogP contribution in [0.1, 0.15) is 18.9 Å². The third kappa shape index (κ3) is 2.45. The van der Waals surface area contributed by atoms with Crippen molar-refractivity contribution in [3.8, 4) is 11.8 Å². The number of rotatable bonds is 2. The van der Waals surface area contributed by atoms with E-state index in [0.29, 0.717) is 6.54 Å². The van der Waals surface area contributed by atoms with Gasteiger partial charge in [0.25, 0.3) is 0 Å². The van der Waals surface area contributed by atoms with Crippen LogP contribution in [0.3, 0.4) is 0 Å². The van der Waals surface area contributed by atoms with Gasteiger partial charge in [0.1, 0.15) is 0 Å². The van der Waals surface area contributed by atoms with Crippen LogP contribution in [0.5, 0.6) is 0 Å². The van der Waals surface area contributed by atoms with Crippen molar-refractivity contribution in [1.29, 1.82) is 0 Å². The van der Waals surface area contributed by atoms with E-state index in [9.17, 15) is 9.59 Å². The number of benzene rings is 1. The number of allylic oxidation sites excluding steroid dienone is 1. The SMILES string of the molecule is CC(=O)OCC#CCN1CC[C@@]23C(=O)C=C[C@@H](Nc4ccccc42)[C@H]13. The summed E-state index contributed by atoms with van der Waals surface area (Å²) in [5.74, 6) is 5.82. The molecule has 1 aliphatic carbocycles. The third-order valence-corrected chi connectivity index (χ3v) is 5.41. The Morgan fingerprint density at radius 3 is 3.08 bits per heavy atom. The van der Waals surface area contributed by atoms with Crippen LogP contribution in [-0.4, -0.2) is 48.4 Å². The van der Waals surface area contributed by atoms with E-state index < -0.39 is 5.41 Å². The van der Waals surface area contributed by atoms with Crippen LogP contribution in [0.15, 0.2) is 36.4 Å². The predicted molar refractivity (Wildman–Crippen MR) is 94.1 cm³/mol. The third-order valence-electron chi connectivity index (χ3n) is 5.41. The Kier molecular flexibility index (Phi) is 3.85. The first-order chi connectivity index (χ1) is 12.1. The van der Waals surface area contributed by atoms with Gasteiger partial charge in [0.15, 0.2) is 12.4 Å². The summed E-state index contributed by atoms with van der Waals surface area (Å²) in [6.45, 7) is 2.88. The van der Waals surface area contributed by atoms with Gasteiger partial charge >= 0.3 is 5.97 Å². The van der Waals surface area contributed by atoms with Gasteiger partial charge in [-0.15, -0.1) is 0 Å². The average molecular weight is 336 g/mol. The fourth-order valence-corrected chi connectivity index (χ4v) is 4.42. The Morgan fingerprint density at radius 1 is 1.40 bits per heavy atom. The number of hydrogen-bond donors (Lipinski definition) is 1. The topological polar surface area (TPSA) is 58.6 Å². The van der Waals surface area contributed by atoms with Gasteiger partial charge in [-0.25, -0.2) is 0 Å². The molecule has 1 aromatic rings. The van der Waals surface area contributed by atoms with Crippen molar-refractivity contribution in [2.75, 3.05) is 25.0 Å². The van der Waals surface area contributed by atoms with Crippen molar-refractivity contribution < 1.29 is 14.3 Å².